The average molecular weight is 213 g/mol. The number of rotatable bonds is 3. The van der Waals surface area contributed by atoms with Crippen LogP contribution in [0.25, 0.3) is 0 Å². The molecule has 0 aromatic heterocycles. The molecule has 0 bridgehead atoms. The molecule has 89 valence electrons. The first-order valence-electron chi connectivity index (χ1n) is 6.06. The van der Waals surface area contributed by atoms with Gasteiger partial charge < -0.3 is 10.2 Å². The molecule has 1 fully saturated rings. The van der Waals surface area contributed by atoms with Crippen molar-refractivity contribution in [3.05, 3.63) is 6.92 Å². The molecule has 1 saturated carbocycles. The van der Waals surface area contributed by atoms with Crippen LogP contribution in [-0.4, -0.2) is 22.4 Å². The molecule has 1 rings (SSSR count). The lowest BCUT2D eigenvalue weighted by Crippen LogP contribution is -2.43. The van der Waals surface area contributed by atoms with E-state index in [0.29, 0.717) is 24.7 Å². The monoisotopic (exact) mass is 213 g/mol. The van der Waals surface area contributed by atoms with Crippen LogP contribution in [-0.2, 0) is 0 Å². The van der Waals surface area contributed by atoms with E-state index in [-0.39, 0.29) is 17.6 Å². The molecule has 2 heteroatoms. The van der Waals surface area contributed by atoms with Gasteiger partial charge in [0.15, 0.2) is 0 Å². The van der Waals surface area contributed by atoms with Crippen LogP contribution in [0.3, 0.4) is 0 Å². The van der Waals surface area contributed by atoms with Crippen molar-refractivity contribution < 1.29 is 10.2 Å². The van der Waals surface area contributed by atoms with E-state index in [1.807, 2.05) is 0 Å². The Morgan fingerprint density at radius 2 is 2.07 bits per heavy atom. The minimum Gasteiger partial charge on any atom is -0.393 e. The summed E-state index contributed by atoms with van der Waals surface area (Å²) in [5.41, 5.74) is -0.132. The second-order valence-corrected chi connectivity index (χ2v) is 5.68. The Morgan fingerprint density at radius 1 is 1.47 bits per heavy atom. The van der Waals surface area contributed by atoms with Gasteiger partial charge in [0, 0.05) is 0 Å². The van der Waals surface area contributed by atoms with Gasteiger partial charge in [-0.05, 0) is 42.9 Å². The van der Waals surface area contributed by atoms with Gasteiger partial charge in [0.25, 0.3) is 0 Å². The van der Waals surface area contributed by atoms with Gasteiger partial charge in [-0.25, -0.2) is 0 Å². The molecule has 15 heavy (non-hydrogen) atoms. The topological polar surface area (TPSA) is 40.5 Å². The van der Waals surface area contributed by atoms with E-state index in [1.165, 1.54) is 0 Å². The molecule has 2 N–H and O–H groups in total. The fourth-order valence-corrected chi connectivity index (χ4v) is 2.85. The third kappa shape index (κ3) is 2.73. The fraction of sp³-hybridized carbons (Fsp3) is 0.923. The molecular weight excluding hydrogens is 188 g/mol. The van der Waals surface area contributed by atoms with Crippen molar-refractivity contribution in [1.29, 1.82) is 0 Å². The maximum atomic E-state index is 10.1. The van der Waals surface area contributed by atoms with Crippen molar-refractivity contribution in [2.24, 2.45) is 17.3 Å². The van der Waals surface area contributed by atoms with Gasteiger partial charge in [0.2, 0.25) is 0 Å². The fourth-order valence-electron chi connectivity index (χ4n) is 2.85. The first-order chi connectivity index (χ1) is 6.90. The molecule has 1 unspecified atom stereocenters. The Kier molecular flexibility index (Phi) is 4.19. The van der Waals surface area contributed by atoms with Crippen LogP contribution in [0.15, 0.2) is 0 Å². The van der Waals surface area contributed by atoms with Crippen molar-refractivity contribution >= 4 is 0 Å². The number of aliphatic hydroxyl groups excluding tert-OH is 2. The Bertz CT molecular complexity index is 203. The van der Waals surface area contributed by atoms with Crippen molar-refractivity contribution in [1.82, 2.24) is 0 Å². The molecule has 1 aliphatic carbocycles. The molecule has 0 aromatic carbocycles. The minimum absolute atomic E-state index is 0.132. The summed E-state index contributed by atoms with van der Waals surface area (Å²) < 4.78 is 0. The molecule has 0 amide bonds. The van der Waals surface area contributed by atoms with E-state index in [0.717, 1.165) is 12.8 Å². The second-order valence-electron chi connectivity index (χ2n) is 5.68. The first kappa shape index (κ1) is 13.0. The van der Waals surface area contributed by atoms with Crippen LogP contribution in [0.2, 0.25) is 0 Å². The summed E-state index contributed by atoms with van der Waals surface area (Å²) in [5, 5.41) is 20.0. The Balaban J connectivity index is 2.64. The Hall–Kier alpha value is -0.0800. The highest BCUT2D eigenvalue weighted by Gasteiger charge is 2.41. The van der Waals surface area contributed by atoms with Gasteiger partial charge in [-0.15, -0.1) is 0 Å². The lowest BCUT2D eigenvalue weighted by Gasteiger charge is -2.44. The van der Waals surface area contributed by atoms with Gasteiger partial charge in [-0.3, -0.25) is 0 Å². The summed E-state index contributed by atoms with van der Waals surface area (Å²) in [6.07, 6.45) is 2.64. The molecular formula is C13H25O2. The predicted molar refractivity (Wildman–Crippen MR) is 62.3 cm³/mol. The Morgan fingerprint density at radius 3 is 2.47 bits per heavy atom. The van der Waals surface area contributed by atoms with Gasteiger partial charge in [-0.2, -0.15) is 0 Å². The third-order valence-electron chi connectivity index (χ3n) is 4.15. The van der Waals surface area contributed by atoms with Crippen molar-refractivity contribution in [3.8, 4) is 0 Å². The van der Waals surface area contributed by atoms with Crippen LogP contribution in [0, 0.1) is 24.2 Å². The van der Waals surface area contributed by atoms with E-state index >= 15 is 0 Å². The quantitative estimate of drug-likeness (QED) is 0.755. The molecule has 0 saturated heterocycles. The molecule has 0 aliphatic heterocycles. The van der Waals surface area contributed by atoms with Crippen LogP contribution < -0.4 is 0 Å². The molecule has 1 radical (unpaired) electrons. The van der Waals surface area contributed by atoms with Crippen LogP contribution in [0.5, 0.6) is 0 Å². The summed E-state index contributed by atoms with van der Waals surface area (Å²) >= 11 is 0. The zero-order valence-corrected chi connectivity index (χ0v) is 10.2. The zero-order chi connectivity index (χ0) is 11.6. The molecule has 0 aromatic rings. The predicted octanol–water partition coefficient (Wildman–Crippen LogP) is 2.39. The third-order valence-corrected chi connectivity index (χ3v) is 4.15. The van der Waals surface area contributed by atoms with Gasteiger partial charge in [0.1, 0.15) is 0 Å². The summed E-state index contributed by atoms with van der Waals surface area (Å²) in [6.45, 7) is 10.1. The highest BCUT2D eigenvalue weighted by atomic mass is 16.3. The summed E-state index contributed by atoms with van der Waals surface area (Å²) in [7, 11) is 0. The standard InChI is InChI=1S/C13H25O2/c1-5-12(15)13(4)7-6-10(9(2)3)11(14)8-13/h9-12,14-15H,1,5-8H2,2-4H3/t10-,11+,12?,13+/m0/s1. The van der Waals surface area contributed by atoms with E-state index in [9.17, 15) is 10.2 Å². The van der Waals surface area contributed by atoms with Crippen molar-refractivity contribution in [3.63, 3.8) is 0 Å². The lowest BCUT2D eigenvalue weighted by molar-refractivity contribution is -0.0663. The van der Waals surface area contributed by atoms with E-state index in [2.05, 4.69) is 27.7 Å². The Labute approximate surface area is 93.7 Å². The molecule has 4 atom stereocenters. The van der Waals surface area contributed by atoms with Gasteiger partial charge in [0.05, 0.1) is 12.2 Å². The molecule has 0 heterocycles. The van der Waals surface area contributed by atoms with Gasteiger partial charge >= 0.3 is 0 Å². The zero-order valence-electron chi connectivity index (χ0n) is 10.2. The second kappa shape index (κ2) is 4.84. The van der Waals surface area contributed by atoms with Crippen molar-refractivity contribution in [2.75, 3.05) is 0 Å². The van der Waals surface area contributed by atoms with Crippen molar-refractivity contribution in [2.45, 2.75) is 58.7 Å². The van der Waals surface area contributed by atoms with E-state index in [1.54, 1.807) is 0 Å². The maximum Gasteiger partial charge on any atom is 0.0594 e. The molecule has 0 spiro atoms. The SMILES string of the molecule is [CH2]CC(O)[C@]1(C)CC[C@@H](C(C)C)[C@H](O)C1. The van der Waals surface area contributed by atoms with Gasteiger partial charge in [-0.1, -0.05) is 27.7 Å². The summed E-state index contributed by atoms with van der Waals surface area (Å²) in [6, 6.07) is 0. The lowest BCUT2D eigenvalue weighted by atomic mass is 9.64. The molecule has 1 aliphatic rings. The summed E-state index contributed by atoms with van der Waals surface area (Å²) in [5.74, 6) is 0.927. The largest absolute Gasteiger partial charge is 0.393 e. The normalized spacial score (nSPS) is 39.4. The number of hydrogen-bond donors (Lipinski definition) is 2. The minimum atomic E-state index is -0.375. The maximum absolute atomic E-state index is 10.1. The highest BCUT2D eigenvalue weighted by Crippen LogP contribution is 2.44. The smallest absolute Gasteiger partial charge is 0.0594 e. The van der Waals surface area contributed by atoms with Crippen LogP contribution in [0.4, 0.5) is 0 Å². The number of aliphatic hydroxyl groups is 2. The molecule has 2 nitrogen and oxygen atoms in total. The average Bonchev–Trinajstić information content (AvgIpc) is 2.15. The summed E-state index contributed by atoms with van der Waals surface area (Å²) in [4.78, 5) is 0. The van der Waals surface area contributed by atoms with Crippen LogP contribution >= 0.6 is 0 Å². The first-order valence-corrected chi connectivity index (χ1v) is 6.06. The highest BCUT2D eigenvalue weighted by molar-refractivity contribution is 4.92. The van der Waals surface area contributed by atoms with E-state index in [4.69, 9.17) is 0 Å². The van der Waals surface area contributed by atoms with Crippen LogP contribution in [0.1, 0.15) is 46.5 Å². The van der Waals surface area contributed by atoms with E-state index < -0.39 is 0 Å². The number of hydrogen-bond acceptors (Lipinski definition) is 2.